The molecule has 1 N–H and O–H groups in total. The number of rotatable bonds is 4. The van der Waals surface area contributed by atoms with Crippen LogP contribution in [0.2, 0.25) is 10.0 Å². The van der Waals surface area contributed by atoms with Crippen LogP contribution in [-0.4, -0.2) is 12.5 Å². The molecule has 0 radical (unpaired) electrons. The number of anilines is 1. The molecule has 1 aliphatic rings. The van der Waals surface area contributed by atoms with Crippen LogP contribution < -0.4 is 10.1 Å². The summed E-state index contributed by atoms with van der Waals surface area (Å²) in [5.74, 6) is 0.461. The molecule has 0 atom stereocenters. The van der Waals surface area contributed by atoms with Crippen LogP contribution in [0.4, 0.5) is 5.69 Å². The highest BCUT2D eigenvalue weighted by atomic mass is 35.5. The van der Waals surface area contributed by atoms with Crippen molar-refractivity contribution >= 4 is 34.8 Å². The van der Waals surface area contributed by atoms with Crippen molar-refractivity contribution in [3.8, 4) is 5.75 Å². The van der Waals surface area contributed by atoms with Crippen LogP contribution in [0.5, 0.6) is 5.75 Å². The van der Waals surface area contributed by atoms with E-state index in [1.807, 2.05) is 12.1 Å². The molecule has 1 aliphatic carbocycles. The van der Waals surface area contributed by atoms with Crippen molar-refractivity contribution in [1.29, 1.82) is 0 Å². The van der Waals surface area contributed by atoms with E-state index in [2.05, 4.69) is 11.4 Å². The summed E-state index contributed by atoms with van der Waals surface area (Å²) >= 11 is 11.8. The zero-order valence-corrected chi connectivity index (χ0v) is 13.4. The van der Waals surface area contributed by atoms with Crippen molar-refractivity contribution in [3.63, 3.8) is 0 Å². The third kappa shape index (κ3) is 3.54. The van der Waals surface area contributed by atoms with Crippen LogP contribution >= 0.6 is 23.2 Å². The lowest BCUT2D eigenvalue weighted by Gasteiger charge is -2.10. The topological polar surface area (TPSA) is 38.3 Å². The maximum atomic E-state index is 11.9. The van der Waals surface area contributed by atoms with E-state index in [9.17, 15) is 4.79 Å². The molecule has 0 heterocycles. The lowest BCUT2D eigenvalue weighted by Crippen LogP contribution is -2.20. The predicted molar refractivity (Wildman–Crippen MR) is 89.1 cm³/mol. The van der Waals surface area contributed by atoms with Crippen LogP contribution in [0, 0.1) is 0 Å². The minimum absolute atomic E-state index is 0.0578. The first-order chi connectivity index (χ1) is 10.6. The fourth-order valence-electron chi connectivity index (χ4n) is 2.56. The largest absolute Gasteiger partial charge is 0.484 e. The molecular weight excluding hydrogens is 321 g/mol. The third-order valence-electron chi connectivity index (χ3n) is 3.65. The molecule has 0 bridgehead atoms. The van der Waals surface area contributed by atoms with Gasteiger partial charge in [-0.2, -0.15) is 0 Å². The second-order valence-corrected chi connectivity index (χ2v) is 6.09. The second-order valence-electron chi connectivity index (χ2n) is 5.25. The fourth-order valence-corrected chi connectivity index (χ4v) is 3.02. The summed E-state index contributed by atoms with van der Waals surface area (Å²) < 4.78 is 5.55. The molecule has 0 saturated heterocycles. The van der Waals surface area contributed by atoms with Crippen LogP contribution in [0.25, 0.3) is 0 Å². The molecule has 0 unspecified atom stereocenters. The van der Waals surface area contributed by atoms with Gasteiger partial charge in [0.15, 0.2) is 6.61 Å². The van der Waals surface area contributed by atoms with E-state index in [0.29, 0.717) is 15.7 Å². The van der Waals surface area contributed by atoms with E-state index in [1.165, 1.54) is 17.5 Å². The monoisotopic (exact) mass is 335 g/mol. The van der Waals surface area contributed by atoms with Gasteiger partial charge in [-0.05, 0) is 60.7 Å². The first kappa shape index (κ1) is 15.2. The van der Waals surface area contributed by atoms with Gasteiger partial charge in [-0.3, -0.25) is 4.79 Å². The fraction of sp³-hybridized carbons (Fsp3) is 0.235. The number of carbonyl (C=O) groups is 1. The van der Waals surface area contributed by atoms with Gasteiger partial charge in [0.2, 0.25) is 0 Å². The molecule has 114 valence electrons. The van der Waals surface area contributed by atoms with Gasteiger partial charge >= 0.3 is 0 Å². The Morgan fingerprint density at radius 2 is 1.91 bits per heavy atom. The third-order valence-corrected chi connectivity index (χ3v) is 4.19. The number of ether oxygens (including phenoxy) is 1. The van der Waals surface area contributed by atoms with Crippen molar-refractivity contribution in [2.75, 3.05) is 11.9 Å². The van der Waals surface area contributed by atoms with E-state index in [0.717, 1.165) is 18.6 Å². The minimum atomic E-state index is -0.260. The van der Waals surface area contributed by atoms with E-state index in [1.54, 1.807) is 18.2 Å². The number of aryl methyl sites for hydroxylation is 2. The van der Waals surface area contributed by atoms with Gasteiger partial charge < -0.3 is 10.1 Å². The number of carbonyl (C=O) groups excluding carboxylic acids is 1. The Balaban J connectivity index is 1.58. The second kappa shape index (κ2) is 6.59. The van der Waals surface area contributed by atoms with Gasteiger partial charge in [0.25, 0.3) is 5.91 Å². The molecule has 0 fully saturated rings. The van der Waals surface area contributed by atoms with Gasteiger partial charge in [-0.15, -0.1) is 0 Å². The molecular formula is C17H15Cl2NO2. The lowest BCUT2D eigenvalue weighted by atomic mass is 10.1. The molecule has 0 aliphatic heterocycles. The molecule has 1 amide bonds. The maximum absolute atomic E-state index is 11.9. The molecule has 3 nitrogen and oxygen atoms in total. The number of hydrogen-bond donors (Lipinski definition) is 1. The van der Waals surface area contributed by atoms with Crippen molar-refractivity contribution in [2.45, 2.75) is 19.3 Å². The summed E-state index contributed by atoms with van der Waals surface area (Å²) in [5.41, 5.74) is 3.22. The Morgan fingerprint density at radius 3 is 2.73 bits per heavy atom. The number of nitrogens with one attached hydrogen (secondary N) is 1. The number of fused-ring (bicyclic) bond motifs is 1. The quantitative estimate of drug-likeness (QED) is 0.893. The number of halogens is 2. The normalized spacial score (nSPS) is 12.8. The minimum Gasteiger partial charge on any atom is -0.484 e. The molecule has 0 saturated carbocycles. The predicted octanol–water partition coefficient (Wildman–Crippen LogP) is 4.50. The smallest absolute Gasteiger partial charge is 0.262 e. The van der Waals surface area contributed by atoms with Crippen molar-refractivity contribution in [3.05, 3.63) is 57.6 Å². The first-order valence-electron chi connectivity index (χ1n) is 7.11. The van der Waals surface area contributed by atoms with Crippen LogP contribution in [0.15, 0.2) is 36.4 Å². The standard InChI is InChI=1S/C17H15Cl2NO2/c18-13-5-7-16(15(19)9-13)20-17(21)10-22-14-6-4-11-2-1-3-12(11)8-14/h4-9H,1-3,10H2,(H,20,21). The summed E-state index contributed by atoms with van der Waals surface area (Å²) in [6, 6.07) is 10.9. The average Bonchev–Trinajstić information content (AvgIpc) is 2.95. The molecule has 2 aromatic rings. The van der Waals surface area contributed by atoms with Gasteiger partial charge in [0, 0.05) is 5.02 Å². The van der Waals surface area contributed by atoms with E-state index in [-0.39, 0.29) is 12.5 Å². The van der Waals surface area contributed by atoms with Gasteiger partial charge in [0.05, 0.1) is 10.7 Å². The summed E-state index contributed by atoms with van der Waals surface area (Å²) in [5, 5.41) is 3.63. The van der Waals surface area contributed by atoms with Crippen molar-refractivity contribution in [1.82, 2.24) is 0 Å². The summed E-state index contributed by atoms with van der Waals surface area (Å²) in [4.78, 5) is 11.9. The lowest BCUT2D eigenvalue weighted by molar-refractivity contribution is -0.118. The van der Waals surface area contributed by atoms with Gasteiger partial charge in [-0.25, -0.2) is 0 Å². The van der Waals surface area contributed by atoms with Gasteiger partial charge in [0.1, 0.15) is 5.75 Å². The molecule has 2 aromatic carbocycles. The van der Waals surface area contributed by atoms with E-state index >= 15 is 0 Å². The Hall–Kier alpha value is -1.71. The zero-order valence-electron chi connectivity index (χ0n) is 11.9. The molecule has 0 spiro atoms. The molecule has 0 aromatic heterocycles. The Kier molecular flexibility index (Phi) is 4.55. The average molecular weight is 336 g/mol. The summed E-state index contributed by atoms with van der Waals surface area (Å²) in [6.07, 6.45) is 3.40. The Bertz CT molecular complexity index is 716. The van der Waals surface area contributed by atoms with E-state index in [4.69, 9.17) is 27.9 Å². The highest BCUT2D eigenvalue weighted by Crippen LogP contribution is 2.27. The Labute approximate surface area is 139 Å². The molecule has 22 heavy (non-hydrogen) atoms. The van der Waals surface area contributed by atoms with Crippen LogP contribution in [-0.2, 0) is 17.6 Å². The Morgan fingerprint density at radius 1 is 1.09 bits per heavy atom. The van der Waals surface area contributed by atoms with Gasteiger partial charge in [-0.1, -0.05) is 29.3 Å². The zero-order chi connectivity index (χ0) is 15.5. The highest BCUT2D eigenvalue weighted by molar-refractivity contribution is 6.36. The summed E-state index contributed by atoms with van der Waals surface area (Å²) in [6.45, 7) is -0.0578. The van der Waals surface area contributed by atoms with Crippen LogP contribution in [0.3, 0.4) is 0 Å². The van der Waals surface area contributed by atoms with E-state index < -0.39 is 0 Å². The summed E-state index contributed by atoms with van der Waals surface area (Å²) in [7, 11) is 0. The number of benzene rings is 2. The first-order valence-corrected chi connectivity index (χ1v) is 7.87. The van der Waals surface area contributed by atoms with Crippen molar-refractivity contribution < 1.29 is 9.53 Å². The SMILES string of the molecule is O=C(COc1ccc2c(c1)CCC2)Nc1ccc(Cl)cc1Cl. The molecule has 5 heteroatoms. The highest BCUT2D eigenvalue weighted by Gasteiger charge is 2.12. The maximum Gasteiger partial charge on any atom is 0.262 e. The molecule has 3 rings (SSSR count). The number of amides is 1. The van der Waals surface area contributed by atoms with Crippen molar-refractivity contribution in [2.24, 2.45) is 0 Å². The van der Waals surface area contributed by atoms with Crippen LogP contribution in [0.1, 0.15) is 17.5 Å². The number of hydrogen-bond acceptors (Lipinski definition) is 2.